The van der Waals surface area contributed by atoms with Crippen molar-refractivity contribution in [3.63, 3.8) is 0 Å². The molecule has 0 spiro atoms. The van der Waals surface area contributed by atoms with E-state index in [-0.39, 0.29) is 11.5 Å². The second-order valence-corrected chi connectivity index (χ2v) is 5.58. The van der Waals surface area contributed by atoms with E-state index in [1.165, 1.54) is 0 Å². The highest BCUT2D eigenvalue weighted by Gasteiger charge is 2.49. The summed E-state index contributed by atoms with van der Waals surface area (Å²) in [4.78, 5) is 0. The number of hydrogen-bond donors (Lipinski definition) is 2. The summed E-state index contributed by atoms with van der Waals surface area (Å²) in [5, 5.41) is 3.36. The zero-order chi connectivity index (χ0) is 11.1. The number of halogens is 1. The largest absolute Gasteiger partial charge is 0.326 e. The van der Waals surface area contributed by atoms with Gasteiger partial charge in [0, 0.05) is 12.1 Å². The Morgan fingerprint density at radius 2 is 2.07 bits per heavy atom. The van der Waals surface area contributed by atoms with Crippen molar-refractivity contribution in [2.45, 2.75) is 57.3 Å². The van der Waals surface area contributed by atoms with Crippen LogP contribution >= 0.6 is 0 Å². The molecule has 88 valence electrons. The molecule has 5 atom stereocenters. The number of likely N-dealkylation sites (N-methyl/N-ethyl adjacent to an activating group) is 1. The quantitative estimate of drug-likeness (QED) is 0.699. The number of alkyl halides is 1. The van der Waals surface area contributed by atoms with Crippen molar-refractivity contribution in [1.29, 1.82) is 0 Å². The third kappa shape index (κ3) is 1.80. The van der Waals surface area contributed by atoms with Crippen LogP contribution in [0.15, 0.2) is 0 Å². The zero-order valence-corrected chi connectivity index (χ0v) is 9.80. The average molecular weight is 214 g/mol. The van der Waals surface area contributed by atoms with Crippen LogP contribution in [-0.4, -0.2) is 25.3 Å². The van der Waals surface area contributed by atoms with E-state index in [1.807, 2.05) is 7.05 Å². The lowest BCUT2D eigenvalue weighted by molar-refractivity contribution is -0.0108. The molecule has 0 aromatic carbocycles. The van der Waals surface area contributed by atoms with E-state index in [0.717, 1.165) is 32.1 Å². The van der Waals surface area contributed by atoms with Crippen molar-refractivity contribution in [3.05, 3.63) is 0 Å². The molecule has 3 unspecified atom stereocenters. The van der Waals surface area contributed by atoms with Gasteiger partial charge in [0.25, 0.3) is 0 Å². The molecule has 0 aromatic rings. The predicted octanol–water partition coefficient (Wildman–Crippen LogP) is 1.84. The van der Waals surface area contributed by atoms with Crippen molar-refractivity contribution in [2.24, 2.45) is 17.1 Å². The summed E-state index contributed by atoms with van der Waals surface area (Å²) in [6.45, 7) is 2.30. The molecule has 3 N–H and O–H groups in total. The van der Waals surface area contributed by atoms with Gasteiger partial charge in [-0.05, 0) is 50.5 Å². The highest BCUT2D eigenvalue weighted by Crippen LogP contribution is 2.50. The van der Waals surface area contributed by atoms with E-state index in [9.17, 15) is 4.39 Å². The van der Waals surface area contributed by atoms with Crippen LogP contribution in [-0.2, 0) is 0 Å². The monoisotopic (exact) mass is 214 g/mol. The van der Waals surface area contributed by atoms with Crippen LogP contribution in [0.1, 0.15) is 39.0 Å². The first-order valence-corrected chi connectivity index (χ1v) is 6.15. The zero-order valence-electron chi connectivity index (χ0n) is 9.80. The number of nitrogens with one attached hydrogen (secondary N) is 1. The molecule has 0 bridgehead atoms. The standard InChI is InChI=1S/C12H23FN2/c1-12-6-5-9(13)7-8(12)3-4-10(14)11(12)15-2/h8-11,15H,3-7,14H2,1-2H3/t8?,9-,10?,11?,12-/m0/s1. The summed E-state index contributed by atoms with van der Waals surface area (Å²) in [7, 11) is 1.99. The molecule has 0 aromatic heterocycles. The van der Waals surface area contributed by atoms with Crippen LogP contribution in [0.25, 0.3) is 0 Å². The van der Waals surface area contributed by atoms with E-state index in [4.69, 9.17) is 5.73 Å². The van der Waals surface area contributed by atoms with Crippen molar-refractivity contribution < 1.29 is 4.39 Å². The fraction of sp³-hybridized carbons (Fsp3) is 1.00. The molecule has 2 saturated carbocycles. The van der Waals surface area contributed by atoms with Gasteiger partial charge in [0.05, 0.1) is 0 Å². The molecule has 15 heavy (non-hydrogen) atoms. The van der Waals surface area contributed by atoms with Gasteiger partial charge < -0.3 is 11.1 Å². The molecular weight excluding hydrogens is 191 g/mol. The minimum Gasteiger partial charge on any atom is -0.326 e. The minimum atomic E-state index is -0.574. The summed E-state index contributed by atoms with van der Waals surface area (Å²) in [6.07, 6.45) is 4.03. The van der Waals surface area contributed by atoms with Crippen molar-refractivity contribution >= 4 is 0 Å². The van der Waals surface area contributed by atoms with Gasteiger partial charge in [-0.3, -0.25) is 0 Å². The Kier molecular flexibility index (Phi) is 3.04. The Morgan fingerprint density at radius 1 is 1.33 bits per heavy atom. The first kappa shape index (κ1) is 11.3. The molecule has 0 radical (unpaired) electrons. The second-order valence-electron chi connectivity index (χ2n) is 5.58. The van der Waals surface area contributed by atoms with Crippen LogP contribution in [0.2, 0.25) is 0 Å². The third-order valence-corrected chi connectivity index (χ3v) is 4.77. The van der Waals surface area contributed by atoms with E-state index >= 15 is 0 Å². The number of nitrogens with two attached hydrogens (primary N) is 1. The lowest BCUT2D eigenvalue weighted by Crippen LogP contribution is -2.60. The Hall–Kier alpha value is -0.150. The van der Waals surface area contributed by atoms with E-state index in [2.05, 4.69) is 12.2 Å². The molecule has 0 amide bonds. The Balaban J connectivity index is 2.18. The molecule has 2 aliphatic carbocycles. The molecule has 3 heteroatoms. The Labute approximate surface area is 91.8 Å². The van der Waals surface area contributed by atoms with Crippen LogP contribution in [0.5, 0.6) is 0 Å². The molecule has 0 aliphatic heterocycles. The second kappa shape index (κ2) is 4.02. The van der Waals surface area contributed by atoms with Crippen LogP contribution in [0.3, 0.4) is 0 Å². The maximum atomic E-state index is 13.4. The lowest BCUT2D eigenvalue weighted by atomic mass is 9.56. The highest BCUT2D eigenvalue weighted by molar-refractivity contribution is 5.04. The van der Waals surface area contributed by atoms with Gasteiger partial charge in [0.1, 0.15) is 6.17 Å². The minimum absolute atomic E-state index is 0.217. The van der Waals surface area contributed by atoms with Crippen molar-refractivity contribution in [3.8, 4) is 0 Å². The number of fused-ring (bicyclic) bond motifs is 1. The smallest absolute Gasteiger partial charge is 0.100 e. The highest BCUT2D eigenvalue weighted by atomic mass is 19.1. The normalized spacial score (nSPS) is 51.2. The van der Waals surface area contributed by atoms with E-state index < -0.39 is 6.17 Å². The van der Waals surface area contributed by atoms with Crippen LogP contribution in [0.4, 0.5) is 4.39 Å². The fourth-order valence-corrected chi connectivity index (χ4v) is 3.82. The molecule has 0 saturated heterocycles. The van der Waals surface area contributed by atoms with Gasteiger partial charge >= 0.3 is 0 Å². The molecular formula is C12H23FN2. The fourth-order valence-electron chi connectivity index (χ4n) is 3.82. The van der Waals surface area contributed by atoms with E-state index in [1.54, 1.807) is 0 Å². The van der Waals surface area contributed by atoms with Gasteiger partial charge in [-0.25, -0.2) is 4.39 Å². The summed E-state index contributed by atoms with van der Waals surface area (Å²) in [6, 6.07) is 0.608. The molecule has 2 fully saturated rings. The maximum absolute atomic E-state index is 13.4. The van der Waals surface area contributed by atoms with Gasteiger partial charge in [-0.15, -0.1) is 0 Å². The van der Waals surface area contributed by atoms with Gasteiger partial charge in [0.15, 0.2) is 0 Å². The molecule has 2 rings (SSSR count). The summed E-state index contributed by atoms with van der Waals surface area (Å²) in [5.74, 6) is 0.526. The summed E-state index contributed by atoms with van der Waals surface area (Å²) >= 11 is 0. The van der Waals surface area contributed by atoms with Crippen molar-refractivity contribution in [1.82, 2.24) is 5.32 Å². The SMILES string of the molecule is CNC1C(N)CCC2C[C@@H](F)CC[C@@]21C. The number of hydrogen-bond acceptors (Lipinski definition) is 2. The average Bonchev–Trinajstić information content (AvgIpc) is 2.20. The van der Waals surface area contributed by atoms with E-state index in [0.29, 0.717) is 12.0 Å². The molecule has 0 heterocycles. The lowest BCUT2D eigenvalue weighted by Gasteiger charge is -2.53. The maximum Gasteiger partial charge on any atom is 0.100 e. The summed E-state index contributed by atoms with van der Waals surface area (Å²) in [5.41, 5.74) is 6.38. The van der Waals surface area contributed by atoms with Crippen molar-refractivity contribution in [2.75, 3.05) is 7.05 Å². The molecule has 2 nitrogen and oxygen atoms in total. The van der Waals surface area contributed by atoms with Crippen LogP contribution < -0.4 is 11.1 Å². The Bertz CT molecular complexity index is 234. The Morgan fingerprint density at radius 3 is 2.73 bits per heavy atom. The topological polar surface area (TPSA) is 38.0 Å². The van der Waals surface area contributed by atoms with Crippen LogP contribution in [0, 0.1) is 11.3 Å². The third-order valence-electron chi connectivity index (χ3n) is 4.77. The van der Waals surface area contributed by atoms with Gasteiger partial charge in [-0.2, -0.15) is 0 Å². The first-order valence-electron chi connectivity index (χ1n) is 6.15. The molecule has 2 aliphatic rings. The van der Waals surface area contributed by atoms with Gasteiger partial charge in [-0.1, -0.05) is 6.92 Å². The number of rotatable bonds is 1. The summed E-state index contributed by atoms with van der Waals surface area (Å²) < 4.78 is 13.4. The van der Waals surface area contributed by atoms with Gasteiger partial charge in [0.2, 0.25) is 0 Å². The first-order chi connectivity index (χ1) is 7.08. The predicted molar refractivity (Wildman–Crippen MR) is 60.4 cm³/mol.